The van der Waals surface area contributed by atoms with Crippen LogP contribution in [0.4, 0.5) is 10.1 Å². The lowest BCUT2D eigenvalue weighted by Gasteiger charge is -2.33. The van der Waals surface area contributed by atoms with Crippen molar-refractivity contribution in [1.82, 2.24) is 9.88 Å². The molecule has 0 spiro atoms. The van der Waals surface area contributed by atoms with Crippen molar-refractivity contribution in [3.63, 3.8) is 0 Å². The number of nitrogens with one attached hydrogen (secondary N) is 1. The first kappa shape index (κ1) is 16.2. The molecule has 126 valence electrons. The summed E-state index contributed by atoms with van der Waals surface area (Å²) in [5.41, 5.74) is 1.46. The van der Waals surface area contributed by atoms with E-state index in [-0.39, 0.29) is 24.3 Å². The molecule has 2 heterocycles. The highest BCUT2D eigenvalue weighted by Crippen LogP contribution is 2.26. The summed E-state index contributed by atoms with van der Waals surface area (Å²) in [7, 11) is 1.76. The van der Waals surface area contributed by atoms with Crippen molar-refractivity contribution in [2.75, 3.05) is 18.5 Å². The molecule has 0 bridgehead atoms. The van der Waals surface area contributed by atoms with E-state index >= 15 is 0 Å². The highest BCUT2D eigenvalue weighted by Gasteiger charge is 2.32. The third kappa shape index (κ3) is 3.48. The quantitative estimate of drug-likeness (QED) is 0.937. The first-order chi connectivity index (χ1) is 11.5. The molecule has 1 fully saturated rings. The fourth-order valence-corrected chi connectivity index (χ4v) is 3.05. The lowest BCUT2D eigenvalue weighted by molar-refractivity contribution is -0.136. The van der Waals surface area contributed by atoms with Gasteiger partial charge in [-0.1, -0.05) is 6.07 Å². The van der Waals surface area contributed by atoms with Crippen LogP contribution in [0.25, 0.3) is 0 Å². The second kappa shape index (κ2) is 6.86. The molecule has 2 amide bonds. The van der Waals surface area contributed by atoms with Gasteiger partial charge in [0.15, 0.2) is 0 Å². The van der Waals surface area contributed by atoms with Crippen LogP contribution in [0.1, 0.15) is 18.5 Å². The third-order valence-electron chi connectivity index (χ3n) is 4.33. The van der Waals surface area contributed by atoms with E-state index in [1.54, 1.807) is 24.1 Å². The number of amides is 2. The first-order valence-electron chi connectivity index (χ1n) is 7.98. The molecule has 3 rings (SSSR count). The molecule has 1 saturated heterocycles. The van der Waals surface area contributed by atoms with Crippen molar-refractivity contribution in [2.24, 2.45) is 5.92 Å². The molecule has 1 aliphatic rings. The van der Waals surface area contributed by atoms with Gasteiger partial charge < -0.3 is 14.8 Å². The molecular formula is C18H20FN3O2. The summed E-state index contributed by atoms with van der Waals surface area (Å²) in [6.45, 7) is 0.784. The number of hydrogen-bond acceptors (Lipinski definition) is 2. The molecule has 1 aliphatic heterocycles. The molecule has 0 saturated carbocycles. The number of aromatic amines is 1. The zero-order valence-electron chi connectivity index (χ0n) is 13.5. The Hall–Kier alpha value is -2.63. The number of hydrogen-bond donors (Lipinski definition) is 1. The molecule has 0 aliphatic carbocycles. The molecule has 24 heavy (non-hydrogen) atoms. The molecule has 1 unspecified atom stereocenters. The minimum absolute atomic E-state index is 0.00139. The van der Waals surface area contributed by atoms with Gasteiger partial charge in [0.25, 0.3) is 0 Å². The summed E-state index contributed by atoms with van der Waals surface area (Å²) in [5.74, 6) is -0.737. The second-order valence-electron chi connectivity index (χ2n) is 6.11. The van der Waals surface area contributed by atoms with Crippen LogP contribution in [-0.2, 0) is 16.1 Å². The smallest absolute Gasteiger partial charge is 0.227 e. The van der Waals surface area contributed by atoms with Crippen LogP contribution in [0.15, 0.2) is 42.6 Å². The predicted octanol–water partition coefficient (Wildman–Crippen LogP) is 2.56. The van der Waals surface area contributed by atoms with Crippen molar-refractivity contribution in [3.8, 4) is 0 Å². The number of piperidine rings is 1. The van der Waals surface area contributed by atoms with E-state index in [1.165, 1.54) is 17.0 Å². The Labute approximate surface area is 140 Å². The number of H-pyrrole nitrogens is 1. The third-order valence-corrected chi connectivity index (χ3v) is 4.33. The van der Waals surface area contributed by atoms with E-state index < -0.39 is 5.82 Å². The number of aromatic nitrogens is 1. The Morgan fingerprint density at radius 1 is 1.38 bits per heavy atom. The maximum Gasteiger partial charge on any atom is 0.227 e. The van der Waals surface area contributed by atoms with Gasteiger partial charge in [-0.15, -0.1) is 0 Å². The van der Waals surface area contributed by atoms with Crippen LogP contribution in [0.2, 0.25) is 0 Å². The molecular weight excluding hydrogens is 309 g/mol. The van der Waals surface area contributed by atoms with Gasteiger partial charge in [-0.2, -0.15) is 0 Å². The van der Waals surface area contributed by atoms with E-state index in [9.17, 15) is 14.0 Å². The molecule has 2 aromatic rings. The lowest BCUT2D eigenvalue weighted by atomic mass is 9.95. The van der Waals surface area contributed by atoms with Gasteiger partial charge >= 0.3 is 0 Å². The molecule has 1 aromatic heterocycles. The number of benzene rings is 1. The number of anilines is 1. The van der Waals surface area contributed by atoms with Crippen molar-refractivity contribution >= 4 is 17.5 Å². The Morgan fingerprint density at radius 2 is 2.21 bits per heavy atom. The zero-order chi connectivity index (χ0) is 17.1. The van der Waals surface area contributed by atoms with Crippen LogP contribution in [-0.4, -0.2) is 35.3 Å². The zero-order valence-corrected chi connectivity index (χ0v) is 13.5. The van der Waals surface area contributed by atoms with Crippen LogP contribution >= 0.6 is 0 Å². The van der Waals surface area contributed by atoms with Crippen molar-refractivity contribution in [1.29, 1.82) is 0 Å². The van der Waals surface area contributed by atoms with Gasteiger partial charge in [-0.25, -0.2) is 4.39 Å². The second-order valence-corrected chi connectivity index (χ2v) is 6.11. The van der Waals surface area contributed by atoms with Gasteiger partial charge in [0.05, 0.1) is 12.5 Å². The fourth-order valence-electron chi connectivity index (χ4n) is 3.05. The van der Waals surface area contributed by atoms with Gasteiger partial charge in [0.2, 0.25) is 11.8 Å². The van der Waals surface area contributed by atoms with E-state index in [0.29, 0.717) is 25.1 Å². The number of rotatable bonds is 4. The topological polar surface area (TPSA) is 56.4 Å². The van der Waals surface area contributed by atoms with E-state index in [2.05, 4.69) is 4.98 Å². The van der Waals surface area contributed by atoms with Crippen molar-refractivity contribution in [3.05, 3.63) is 54.1 Å². The average molecular weight is 329 g/mol. The fraction of sp³-hybridized carbons (Fsp3) is 0.333. The van der Waals surface area contributed by atoms with Crippen molar-refractivity contribution in [2.45, 2.75) is 19.4 Å². The molecule has 1 aromatic carbocycles. The summed E-state index contributed by atoms with van der Waals surface area (Å²) >= 11 is 0. The summed E-state index contributed by atoms with van der Waals surface area (Å²) in [4.78, 5) is 31.1. The molecule has 1 N–H and O–H groups in total. The van der Waals surface area contributed by atoms with Gasteiger partial charge in [-0.3, -0.25) is 9.59 Å². The molecule has 1 atom stereocenters. The minimum atomic E-state index is -0.391. The van der Waals surface area contributed by atoms with Gasteiger partial charge in [0.1, 0.15) is 5.82 Å². The summed E-state index contributed by atoms with van der Waals surface area (Å²) < 4.78 is 13.4. The highest BCUT2D eigenvalue weighted by molar-refractivity contribution is 5.96. The maximum absolute atomic E-state index is 13.4. The summed E-state index contributed by atoms with van der Waals surface area (Å²) in [6, 6.07) is 9.74. The normalized spacial score (nSPS) is 17.8. The van der Waals surface area contributed by atoms with Crippen LogP contribution in [0.3, 0.4) is 0 Å². The molecule has 6 heteroatoms. The minimum Gasteiger partial charge on any atom is -0.364 e. The highest BCUT2D eigenvalue weighted by atomic mass is 19.1. The van der Waals surface area contributed by atoms with Crippen molar-refractivity contribution < 1.29 is 14.0 Å². The summed E-state index contributed by atoms with van der Waals surface area (Å²) in [5, 5.41) is 0. The lowest BCUT2D eigenvalue weighted by Crippen LogP contribution is -2.46. The van der Waals surface area contributed by atoms with E-state index in [4.69, 9.17) is 0 Å². The summed E-state index contributed by atoms with van der Waals surface area (Å²) in [6.07, 6.45) is 2.64. The number of halogens is 1. The first-order valence-corrected chi connectivity index (χ1v) is 7.98. The van der Waals surface area contributed by atoms with Crippen LogP contribution in [0, 0.1) is 11.7 Å². The van der Waals surface area contributed by atoms with Crippen LogP contribution in [0.5, 0.6) is 0 Å². The largest absolute Gasteiger partial charge is 0.364 e. The molecule has 0 radical (unpaired) electrons. The van der Waals surface area contributed by atoms with Gasteiger partial charge in [0, 0.05) is 37.6 Å². The monoisotopic (exact) mass is 329 g/mol. The molecule has 5 nitrogen and oxygen atoms in total. The predicted molar refractivity (Wildman–Crippen MR) is 88.7 cm³/mol. The SMILES string of the molecule is CN(Cc1ccc[nH]1)C(=O)C1CCC(=O)N(c2cccc(F)c2)C1. The van der Waals surface area contributed by atoms with E-state index in [0.717, 1.165) is 5.69 Å². The Morgan fingerprint density at radius 3 is 2.92 bits per heavy atom. The number of carbonyl (C=O) groups excluding carboxylic acids is 2. The Bertz CT molecular complexity index is 730. The Balaban J connectivity index is 1.70. The average Bonchev–Trinajstić information content (AvgIpc) is 3.07. The van der Waals surface area contributed by atoms with E-state index in [1.807, 2.05) is 18.3 Å². The van der Waals surface area contributed by atoms with Gasteiger partial charge in [-0.05, 0) is 36.8 Å². The Kier molecular flexibility index (Phi) is 4.64. The number of nitrogens with zero attached hydrogens (tertiary/aromatic N) is 2. The maximum atomic E-state index is 13.4. The number of carbonyl (C=O) groups is 2. The van der Waals surface area contributed by atoms with Crippen LogP contribution < -0.4 is 4.90 Å². The standard InChI is InChI=1S/C18H20FN3O2/c1-21(12-15-5-3-9-20-15)18(24)13-7-8-17(23)22(11-13)16-6-2-4-14(19)10-16/h2-6,9-10,13,20H,7-8,11-12H2,1H3.